The second-order valence-electron chi connectivity index (χ2n) is 7.28. The summed E-state index contributed by atoms with van der Waals surface area (Å²) in [5.41, 5.74) is 0. The van der Waals surface area contributed by atoms with E-state index in [1.165, 1.54) is 42.7 Å². The molecule has 158 valence electrons. The second-order valence-corrected chi connectivity index (χ2v) is 11.4. The zero-order valence-corrected chi connectivity index (χ0v) is 18.4. The van der Waals surface area contributed by atoms with Crippen LogP contribution in [0.25, 0.3) is 0 Å². The van der Waals surface area contributed by atoms with Gasteiger partial charge in [0.1, 0.15) is 0 Å². The molecule has 1 aromatic carbocycles. The molecule has 0 bridgehead atoms. The van der Waals surface area contributed by atoms with Gasteiger partial charge in [-0.15, -0.1) is 0 Å². The standard InChI is InChI=1S/C18H29N3O5S2/c1-5-14(2)19-18(22)15-7-6-12-21(13-15)28(25,26)17-10-8-16(9-11-17)27(23,24)20(3)4/h8-11,14-15H,5-7,12-13H2,1-4H3,(H,19,22)/t14-,15+/m0/s1. The van der Waals surface area contributed by atoms with Crippen LogP contribution >= 0.6 is 0 Å². The third-order valence-corrected chi connectivity index (χ3v) is 8.70. The highest BCUT2D eigenvalue weighted by Crippen LogP contribution is 2.25. The molecule has 1 aromatic rings. The van der Waals surface area contributed by atoms with Crippen LogP contribution in [-0.4, -0.2) is 64.6 Å². The molecule has 1 heterocycles. The van der Waals surface area contributed by atoms with Gasteiger partial charge in [-0.25, -0.2) is 21.1 Å². The first-order valence-electron chi connectivity index (χ1n) is 9.33. The van der Waals surface area contributed by atoms with Gasteiger partial charge in [0, 0.05) is 33.2 Å². The maximum atomic E-state index is 13.0. The quantitative estimate of drug-likeness (QED) is 0.700. The van der Waals surface area contributed by atoms with E-state index in [1.54, 1.807) is 0 Å². The first-order chi connectivity index (χ1) is 13.0. The molecule has 0 spiro atoms. The van der Waals surface area contributed by atoms with Gasteiger partial charge in [0.05, 0.1) is 15.7 Å². The Kier molecular flexibility index (Phi) is 7.24. The van der Waals surface area contributed by atoms with Crippen LogP contribution in [0.1, 0.15) is 33.1 Å². The fourth-order valence-electron chi connectivity index (χ4n) is 2.98. The number of carbonyl (C=O) groups is 1. The van der Waals surface area contributed by atoms with Crippen LogP contribution in [0.5, 0.6) is 0 Å². The average Bonchev–Trinajstić information content (AvgIpc) is 2.67. The van der Waals surface area contributed by atoms with E-state index in [-0.39, 0.29) is 34.2 Å². The molecule has 0 saturated carbocycles. The molecule has 28 heavy (non-hydrogen) atoms. The Morgan fingerprint density at radius 1 is 1.18 bits per heavy atom. The maximum absolute atomic E-state index is 13.0. The van der Waals surface area contributed by atoms with Gasteiger partial charge < -0.3 is 5.32 Å². The van der Waals surface area contributed by atoms with E-state index in [0.717, 1.165) is 10.7 Å². The molecule has 1 fully saturated rings. The van der Waals surface area contributed by atoms with Crippen molar-refractivity contribution in [2.45, 2.75) is 48.9 Å². The number of nitrogens with zero attached hydrogens (tertiary/aromatic N) is 2. The summed E-state index contributed by atoms with van der Waals surface area (Å²) in [5.74, 6) is -0.507. The zero-order chi connectivity index (χ0) is 21.1. The minimum Gasteiger partial charge on any atom is -0.353 e. The Balaban J connectivity index is 2.19. The Labute approximate surface area is 168 Å². The number of nitrogens with one attached hydrogen (secondary N) is 1. The van der Waals surface area contributed by atoms with Gasteiger partial charge in [-0.05, 0) is 50.5 Å². The van der Waals surface area contributed by atoms with E-state index in [2.05, 4.69) is 5.32 Å². The third-order valence-electron chi connectivity index (χ3n) is 5.00. The van der Waals surface area contributed by atoms with Crippen molar-refractivity contribution in [2.24, 2.45) is 5.92 Å². The number of benzene rings is 1. The molecular weight excluding hydrogens is 402 g/mol. The highest BCUT2D eigenvalue weighted by atomic mass is 32.2. The first kappa shape index (κ1) is 22.8. The van der Waals surface area contributed by atoms with E-state index in [1.807, 2.05) is 13.8 Å². The summed E-state index contributed by atoms with van der Waals surface area (Å²) < 4.78 is 52.6. The van der Waals surface area contributed by atoms with Crippen molar-refractivity contribution in [3.63, 3.8) is 0 Å². The topological polar surface area (TPSA) is 104 Å². The van der Waals surface area contributed by atoms with Crippen LogP contribution in [0.4, 0.5) is 0 Å². The first-order valence-corrected chi connectivity index (χ1v) is 12.2. The number of amides is 1. The van der Waals surface area contributed by atoms with Crippen LogP contribution in [0.3, 0.4) is 0 Å². The molecule has 1 aliphatic heterocycles. The Bertz CT molecular complexity index is 896. The van der Waals surface area contributed by atoms with Gasteiger partial charge in [-0.3, -0.25) is 4.79 Å². The fraction of sp³-hybridized carbons (Fsp3) is 0.611. The van der Waals surface area contributed by atoms with E-state index in [0.29, 0.717) is 19.4 Å². The molecule has 1 aliphatic rings. The monoisotopic (exact) mass is 431 g/mol. The van der Waals surface area contributed by atoms with Crippen molar-refractivity contribution >= 4 is 26.0 Å². The summed E-state index contributed by atoms with van der Waals surface area (Å²) in [7, 11) is -4.60. The third kappa shape index (κ3) is 4.91. The largest absolute Gasteiger partial charge is 0.353 e. The molecular formula is C18H29N3O5S2. The van der Waals surface area contributed by atoms with Crippen molar-refractivity contribution < 1.29 is 21.6 Å². The van der Waals surface area contributed by atoms with E-state index in [9.17, 15) is 21.6 Å². The number of hydrogen-bond acceptors (Lipinski definition) is 5. The fourth-order valence-corrected chi connectivity index (χ4v) is 5.41. The lowest BCUT2D eigenvalue weighted by atomic mass is 9.98. The number of carbonyl (C=O) groups excluding carboxylic acids is 1. The van der Waals surface area contributed by atoms with Gasteiger partial charge in [-0.2, -0.15) is 4.31 Å². The van der Waals surface area contributed by atoms with Crippen LogP contribution in [0.2, 0.25) is 0 Å². The number of sulfonamides is 2. The maximum Gasteiger partial charge on any atom is 0.243 e. The summed E-state index contributed by atoms with van der Waals surface area (Å²) in [6.07, 6.45) is 2.06. The van der Waals surface area contributed by atoms with Crippen LogP contribution < -0.4 is 5.32 Å². The minimum absolute atomic E-state index is 0.0215. The van der Waals surface area contributed by atoms with Crippen LogP contribution in [-0.2, 0) is 24.8 Å². The van der Waals surface area contributed by atoms with E-state index < -0.39 is 20.0 Å². The Hall–Kier alpha value is -1.49. The highest BCUT2D eigenvalue weighted by Gasteiger charge is 2.33. The van der Waals surface area contributed by atoms with Crippen molar-refractivity contribution in [1.82, 2.24) is 13.9 Å². The molecule has 1 N–H and O–H groups in total. The second kappa shape index (κ2) is 8.89. The lowest BCUT2D eigenvalue weighted by Crippen LogP contribution is -2.47. The smallest absolute Gasteiger partial charge is 0.243 e. The Morgan fingerprint density at radius 3 is 2.29 bits per heavy atom. The number of rotatable bonds is 7. The molecule has 2 atom stereocenters. The van der Waals surface area contributed by atoms with Gasteiger partial charge in [0.25, 0.3) is 0 Å². The molecule has 0 radical (unpaired) electrons. The molecule has 8 nitrogen and oxygen atoms in total. The summed E-state index contributed by atoms with van der Waals surface area (Å²) in [6, 6.07) is 5.23. The molecule has 1 saturated heterocycles. The van der Waals surface area contributed by atoms with Gasteiger partial charge >= 0.3 is 0 Å². The van der Waals surface area contributed by atoms with Crippen LogP contribution in [0, 0.1) is 5.92 Å². The van der Waals surface area contributed by atoms with Crippen molar-refractivity contribution in [3.8, 4) is 0 Å². The van der Waals surface area contributed by atoms with E-state index >= 15 is 0 Å². The normalized spacial score (nSPS) is 20.1. The molecule has 0 unspecified atom stereocenters. The summed E-state index contributed by atoms with van der Waals surface area (Å²) in [5, 5.41) is 2.91. The van der Waals surface area contributed by atoms with Crippen molar-refractivity contribution in [3.05, 3.63) is 24.3 Å². The molecule has 0 aliphatic carbocycles. The van der Waals surface area contributed by atoms with Gasteiger partial charge in [0.15, 0.2) is 0 Å². The molecule has 0 aromatic heterocycles. The minimum atomic E-state index is -3.80. The molecule has 1 amide bonds. The number of piperidine rings is 1. The van der Waals surface area contributed by atoms with Crippen molar-refractivity contribution in [2.75, 3.05) is 27.2 Å². The SMILES string of the molecule is CC[C@H](C)NC(=O)[C@@H]1CCCN(S(=O)(=O)c2ccc(S(=O)(=O)N(C)C)cc2)C1. The Morgan fingerprint density at radius 2 is 1.75 bits per heavy atom. The highest BCUT2D eigenvalue weighted by molar-refractivity contribution is 7.89. The molecule has 2 rings (SSSR count). The predicted molar refractivity (Wildman–Crippen MR) is 107 cm³/mol. The van der Waals surface area contributed by atoms with E-state index in [4.69, 9.17) is 0 Å². The lowest BCUT2D eigenvalue weighted by Gasteiger charge is -2.31. The predicted octanol–water partition coefficient (Wildman–Crippen LogP) is 1.25. The summed E-state index contributed by atoms with van der Waals surface area (Å²) >= 11 is 0. The van der Waals surface area contributed by atoms with Gasteiger partial charge in [0.2, 0.25) is 26.0 Å². The summed E-state index contributed by atoms with van der Waals surface area (Å²) in [4.78, 5) is 12.4. The van der Waals surface area contributed by atoms with Gasteiger partial charge in [-0.1, -0.05) is 6.92 Å². The average molecular weight is 432 g/mol. The summed E-state index contributed by atoms with van der Waals surface area (Å²) in [6.45, 7) is 4.36. The van der Waals surface area contributed by atoms with Crippen LogP contribution in [0.15, 0.2) is 34.1 Å². The molecule has 10 heteroatoms. The number of hydrogen-bond donors (Lipinski definition) is 1. The lowest BCUT2D eigenvalue weighted by molar-refractivity contribution is -0.126. The zero-order valence-electron chi connectivity index (χ0n) is 16.8. The van der Waals surface area contributed by atoms with Crippen molar-refractivity contribution in [1.29, 1.82) is 0 Å².